The molecule has 0 aromatic heterocycles. The van der Waals surface area contributed by atoms with Crippen LogP contribution in [-0.4, -0.2) is 6.72 Å². The molecule has 0 amide bonds. The van der Waals surface area contributed by atoms with Crippen molar-refractivity contribution in [3.05, 3.63) is 0 Å². The molecule has 0 spiro atoms. The molecule has 22 unspecified atom stereocenters. The summed E-state index contributed by atoms with van der Waals surface area (Å²) in [5, 5.41) is 0. The third kappa shape index (κ3) is 20.0. The first-order valence-electron chi connectivity index (χ1n) is 8.42. The van der Waals surface area contributed by atoms with E-state index < -0.39 is 0 Å². The van der Waals surface area contributed by atoms with Gasteiger partial charge in [-0.15, -0.1) is 170 Å². The molecule has 0 N–H and O–H groups in total. The molecule has 0 bridgehead atoms. The zero-order valence-corrected chi connectivity index (χ0v) is 56.3. The second kappa shape index (κ2) is 28.9. The van der Waals surface area contributed by atoms with Gasteiger partial charge in [-0.2, -0.15) is 0 Å². The molecule has 1 radical (unpaired) electrons. The molecule has 0 aliphatic rings. The monoisotopic (exact) mass is 1160 g/mol. The van der Waals surface area contributed by atoms with Gasteiger partial charge in [0.1, 0.15) is 0 Å². The lowest BCUT2D eigenvalue weighted by Gasteiger charge is -2.50. The molecule has 37 heteroatoms. The molecule has 0 aliphatic carbocycles. The van der Waals surface area contributed by atoms with Gasteiger partial charge in [0.25, 0.3) is 0 Å². The SMILES string of the molecule is PP(P)P(P)P(P([B]P(P(P(P)P)P(P)P)P(P(P)P)P(P)P)P(P(P)P)P(P)P)P(P(P)P)P(P)P. The van der Waals surface area contributed by atoms with Crippen LogP contribution in [0.25, 0.3) is 0 Å². The van der Waals surface area contributed by atoms with E-state index in [0.29, 0.717) is 0 Å². The highest BCUT2D eigenvalue weighted by molar-refractivity contribution is 9.37. The van der Waals surface area contributed by atoms with Crippen LogP contribution in [0.3, 0.4) is 0 Å². The molecule has 0 saturated heterocycles. The van der Waals surface area contributed by atoms with Crippen LogP contribution in [0.15, 0.2) is 0 Å². The van der Waals surface area contributed by atoms with E-state index in [1.54, 1.807) is 0 Å². The molecule has 0 aromatic carbocycles. The smallest absolute Gasteiger partial charge is 0.102 e. The van der Waals surface area contributed by atoms with Crippen molar-refractivity contribution in [1.29, 1.82) is 0 Å². The standard InChI is InChI=1S/BH38P36/c2-23(3)32(20)36(37(30(16)17)31(18)19)22(35(28(12)13)29(14)15)1-21(33(24(4)5)25(6)7)34(26(8)9)27(10)11/h2-20H2. The van der Waals surface area contributed by atoms with Gasteiger partial charge in [0.2, 0.25) is 6.72 Å². The summed E-state index contributed by atoms with van der Waals surface area (Å²) in [5.41, 5.74) is 0. The summed E-state index contributed by atoms with van der Waals surface area (Å²) in [5.74, 6) is 0. The minimum atomic E-state index is -0.133. The van der Waals surface area contributed by atoms with Gasteiger partial charge >= 0.3 is 0 Å². The molecule has 0 saturated carbocycles. The van der Waals surface area contributed by atoms with Crippen molar-refractivity contribution in [2.24, 2.45) is 0 Å². The number of hydrogen-bond donors (Lipinski definition) is 0. The van der Waals surface area contributed by atoms with E-state index in [2.05, 4.69) is 176 Å². The second-order valence-corrected chi connectivity index (χ2v) is 147. The van der Waals surface area contributed by atoms with E-state index in [-0.39, 0.29) is 119 Å². The Bertz CT molecular complexity index is 529. The molecule has 22 atom stereocenters. The summed E-state index contributed by atoms with van der Waals surface area (Å²) in [6.45, 7) is 2.01. The fourth-order valence-corrected chi connectivity index (χ4v) is 383. The first-order chi connectivity index (χ1) is 16.8. The van der Waals surface area contributed by atoms with Gasteiger partial charge < -0.3 is 0 Å². The third-order valence-electron chi connectivity index (χ3n) is 3.17. The lowest BCUT2D eigenvalue weighted by Crippen LogP contribution is -1.80. The van der Waals surface area contributed by atoms with E-state index in [1.165, 1.54) is 0 Å². The van der Waals surface area contributed by atoms with Crippen molar-refractivity contribution in [3.63, 3.8) is 0 Å². The van der Waals surface area contributed by atoms with Crippen LogP contribution in [0, 0.1) is 0 Å². The van der Waals surface area contributed by atoms with Crippen LogP contribution in [0.5, 0.6) is 0 Å². The van der Waals surface area contributed by atoms with Crippen molar-refractivity contribution < 1.29 is 0 Å². The highest BCUT2D eigenvalue weighted by atomic mass is 33.4. The lowest BCUT2D eigenvalue weighted by atomic mass is 10.7. The summed E-state index contributed by atoms with van der Waals surface area (Å²) in [4.78, 5) is 0. The van der Waals surface area contributed by atoms with Crippen LogP contribution in [0.2, 0.25) is 0 Å². The summed E-state index contributed by atoms with van der Waals surface area (Å²) in [7, 11) is 62.6. The van der Waals surface area contributed by atoms with E-state index in [9.17, 15) is 0 Å². The molecular formula is H38BP36. The first-order valence-corrected chi connectivity index (χ1v) is 72.7. The summed E-state index contributed by atoms with van der Waals surface area (Å²) in [6.07, 6.45) is 0. The fourth-order valence-electron chi connectivity index (χ4n) is 2.07. The first kappa shape index (κ1) is 52.5. The molecule has 221 valence electrons. The van der Waals surface area contributed by atoms with Gasteiger partial charge in [0.15, 0.2) is 0 Å². The summed E-state index contributed by atoms with van der Waals surface area (Å²) >= 11 is 0. The zero-order valence-electron chi connectivity index (χ0n) is 19.1. The zero-order chi connectivity index (χ0) is 29.5. The quantitative estimate of drug-likeness (QED) is 0.101. The van der Waals surface area contributed by atoms with Gasteiger partial charge in [-0.05, 0) is 105 Å². The van der Waals surface area contributed by atoms with Gasteiger partial charge in [0, 0.05) is 0 Å². The molecule has 0 heterocycles. The highest BCUT2D eigenvalue weighted by Gasteiger charge is 2.48. The molecule has 0 nitrogen and oxygen atoms in total. The molecular weight excluding hydrogens is 1130 g/mol. The Labute approximate surface area is 291 Å². The maximum atomic E-state index is 3.48. The van der Waals surface area contributed by atoms with Crippen molar-refractivity contribution in [2.75, 3.05) is 0 Å². The van der Waals surface area contributed by atoms with Crippen LogP contribution < -0.4 is 0 Å². The van der Waals surface area contributed by atoms with Gasteiger partial charge in [-0.25, -0.2) is 0 Å². The molecule has 0 aliphatic heterocycles. The Morgan fingerprint density at radius 1 is 0.243 bits per heavy atom. The second-order valence-electron chi connectivity index (χ2n) is 5.84. The minimum Gasteiger partial charge on any atom is -0.102 e. The Morgan fingerprint density at radius 3 is 0.649 bits per heavy atom. The van der Waals surface area contributed by atoms with Gasteiger partial charge in [0.05, 0.1) is 0 Å². The van der Waals surface area contributed by atoms with Crippen LogP contribution >= 0.6 is 289 Å². The van der Waals surface area contributed by atoms with Crippen molar-refractivity contribution >= 4 is 296 Å². The molecule has 37 heavy (non-hydrogen) atoms. The Balaban J connectivity index is 7.40. The molecule has 0 rings (SSSR count). The fraction of sp³-hybridized carbons (Fsp3) is 0. The third-order valence-corrected chi connectivity index (χ3v) is 223. The molecule has 0 fully saturated rings. The normalized spacial score (nSPS) is 16.4. The summed E-state index contributed by atoms with van der Waals surface area (Å²) in [6, 6.07) is 0. The Hall–Kier alpha value is 15.5. The van der Waals surface area contributed by atoms with Gasteiger partial charge in [-0.1, -0.05) is 14.4 Å². The van der Waals surface area contributed by atoms with Crippen molar-refractivity contribution in [2.45, 2.75) is 0 Å². The van der Waals surface area contributed by atoms with Gasteiger partial charge in [-0.3, -0.25) is 0 Å². The number of hydrogen-bond acceptors (Lipinski definition) is 0. The van der Waals surface area contributed by atoms with Crippen LogP contribution in [-0.2, 0) is 0 Å². The average Bonchev–Trinajstić information content (AvgIpc) is 2.68. The Morgan fingerprint density at radius 2 is 0.459 bits per heavy atom. The summed E-state index contributed by atoms with van der Waals surface area (Å²) < 4.78 is 0. The van der Waals surface area contributed by atoms with Crippen LogP contribution in [0.1, 0.15) is 0 Å². The van der Waals surface area contributed by atoms with E-state index in [1.807, 2.05) is 0 Å². The largest absolute Gasteiger partial charge is 0.207 e. The van der Waals surface area contributed by atoms with E-state index >= 15 is 0 Å². The minimum absolute atomic E-state index is 0.0202. The maximum Gasteiger partial charge on any atom is 0.207 e. The van der Waals surface area contributed by atoms with E-state index in [0.717, 1.165) is 0 Å². The maximum absolute atomic E-state index is 3.48. The highest BCUT2D eigenvalue weighted by Crippen LogP contribution is 3.31. The van der Waals surface area contributed by atoms with Crippen molar-refractivity contribution in [1.82, 2.24) is 0 Å². The topological polar surface area (TPSA) is 0 Å². The average molecular weight is 1160 g/mol. The predicted octanol–water partition coefficient (Wildman–Crippen LogP) is 20.4. The van der Waals surface area contributed by atoms with E-state index in [4.69, 9.17) is 0 Å². The van der Waals surface area contributed by atoms with Crippen molar-refractivity contribution in [3.8, 4) is 0 Å². The van der Waals surface area contributed by atoms with Crippen LogP contribution in [0.4, 0.5) is 0 Å². The predicted molar refractivity (Wildman–Crippen MR) is 308 cm³/mol. The molecule has 0 aromatic rings. The number of rotatable bonds is 17. The Kier molecular flexibility index (Phi) is 41.0. The lowest BCUT2D eigenvalue weighted by molar-refractivity contribution is 4.28.